The highest BCUT2D eigenvalue weighted by Gasteiger charge is 2.24. The normalized spacial score (nSPS) is 19.0. The van der Waals surface area contributed by atoms with Gasteiger partial charge in [-0.1, -0.05) is 0 Å². The first-order valence-electron chi connectivity index (χ1n) is 6.40. The molecule has 6 nitrogen and oxygen atoms in total. The molecule has 102 valence electrons. The molecule has 0 aliphatic carbocycles. The number of hydrogen-bond donors (Lipinski definition) is 1. The van der Waals surface area contributed by atoms with Crippen LogP contribution in [-0.4, -0.2) is 41.8 Å². The molecule has 2 aromatic rings. The van der Waals surface area contributed by atoms with E-state index in [1.807, 2.05) is 11.6 Å². The van der Waals surface area contributed by atoms with E-state index in [9.17, 15) is 0 Å². The number of hydrogen-bond acceptors (Lipinski definition) is 5. The van der Waals surface area contributed by atoms with Gasteiger partial charge in [0.05, 0.1) is 19.6 Å². The average molecular weight is 262 g/mol. The van der Waals surface area contributed by atoms with Gasteiger partial charge in [-0.25, -0.2) is 0 Å². The maximum absolute atomic E-state index is 5.42. The van der Waals surface area contributed by atoms with E-state index in [4.69, 9.17) is 9.47 Å². The van der Waals surface area contributed by atoms with Crippen molar-refractivity contribution in [1.29, 1.82) is 0 Å². The SMILES string of the molecule is COc1nc(OC)c2c(C3CCNC3)cn(C)c2n1. The minimum atomic E-state index is 0.335. The van der Waals surface area contributed by atoms with Gasteiger partial charge in [0.15, 0.2) is 5.65 Å². The third-order valence-corrected chi connectivity index (χ3v) is 3.67. The van der Waals surface area contributed by atoms with Gasteiger partial charge in [0.2, 0.25) is 5.88 Å². The Kier molecular flexibility index (Phi) is 3.02. The molecular formula is C13H18N4O2. The second-order valence-electron chi connectivity index (χ2n) is 4.80. The van der Waals surface area contributed by atoms with Crippen LogP contribution in [0.5, 0.6) is 11.9 Å². The van der Waals surface area contributed by atoms with Crippen LogP contribution < -0.4 is 14.8 Å². The second kappa shape index (κ2) is 4.70. The van der Waals surface area contributed by atoms with Crippen LogP contribution in [0.3, 0.4) is 0 Å². The summed E-state index contributed by atoms with van der Waals surface area (Å²) in [5.74, 6) is 1.08. The van der Waals surface area contributed by atoms with Crippen molar-refractivity contribution in [3.8, 4) is 11.9 Å². The van der Waals surface area contributed by atoms with Crippen LogP contribution in [0, 0.1) is 0 Å². The Morgan fingerprint density at radius 2 is 2.16 bits per heavy atom. The molecule has 3 heterocycles. The summed E-state index contributed by atoms with van der Waals surface area (Å²) < 4.78 is 12.6. The molecule has 0 aromatic carbocycles. The molecule has 1 N–H and O–H groups in total. The summed E-state index contributed by atoms with van der Waals surface area (Å²) in [7, 11) is 5.18. The monoisotopic (exact) mass is 262 g/mol. The number of methoxy groups -OCH3 is 2. The van der Waals surface area contributed by atoms with Crippen LogP contribution in [0.1, 0.15) is 17.9 Å². The van der Waals surface area contributed by atoms with E-state index in [1.54, 1.807) is 14.2 Å². The molecule has 1 fully saturated rings. The maximum atomic E-state index is 5.42. The quantitative estimate of drug-likeness (QED) is 0.896. The third-order valence-electron chi connectivity index (χ3n) is 3.67. The van der Waals surface area contributed by atoms with Gasteiger partial charge in [-0.2, -0.15) is 9.97 Å². The molecule has 2 aromatic heterocycles. The Morgan fingerprint density at radius 3 is 2.79 bits per heavy atom. The predicted octanol–water partition coefficient (Wildman–Crippen LogP) is 1.06. The van der Waals surface area contributed by atoms with Crippen LogP contribution in [0.15, 0.2) is 6.20 Å². The highest BCUT2D eigenvalue weighted by atomic mass is 16.5. The highest BCUT2D eigenvalue weighted by molar-refractivity contribution is 5.86. The second-order valence-corrected chi connectivity index (χ2v) is 4.80. The number of aryl methyl sites for hydroxylation is 1. The van der Waals surface area contributed by atoms with E-state index >= 15 is 0 Å². The molecule has 0 radical (unpaired) electrons. The molecule has 0 spiro atoms. The first kappa shape index (κ1) is 12.2. The van der Waals surface area contributed by atoms with Gasteiger partial charge in [-0.3, -0.25) is 0 Å². The van der Waals surface area contributed by atoms with Gasteiger partial charge >= 0.3 is 6.01 Å². The zero-order valence-corrected chi connectivity index (χ0v) is 11.4. The largest absolute Gasteiger partial charge is 0.480 e. The topological polar surface area (TPSA) is 61.2 Å². The third kappa shape index (κ3) is 1.92. The molecular weight excluding hydrogens is 244 g/mol. The summed E-state index contributed by atoms with van der Waals surface area (Å²) in [6.45, 7) is 2.05. The molecule has 6 heteroatoms. The fourth-order valence-corrected chi connectivity index (χ4v) is 2.72. The van der Waals surface area contributed by atoms with Crippen molar-refractivity contribution in [3.05, 3.63) is 11.8 Å². The molecule has 0 bridgehead atoms. The smallest absolute Gasteiger partial charge is 0.321 e. The summed E-state index contributed by atoms with van der Waals surface area (Å²) in [6, 6.07) is 0.335. The minimum Gasteiger partial charge on any atom is -0.480 e. The van der Waals surface area contributed by atoms with Crippen molar-refractivity contribution < 1.29 is 9.47 Å². The van der Waals surface area contributed by atoms with Gasteiger partial charge in [0.25, 0.3) is 0 Å². The molecule has 1 aliphatic heterocycles. The molecule has 1 saturated heterocycles. The van der Waals surface area contributed by atoms with Crippen molar-refractivity contribution >= 4 is 11.0 Å². The average Bonchev–Trinajstić information content (AvgIpc) is 3.06. The molecule has 3 rings (SSSR count). The lowest BCUT2D eigenvalue weighted by molar-refractivity contribution is 0.356. The van der Waals surface area contributed by atoms with Crippen molar-refractivity contribution in [3.63, 3.8) is 0 Å². The van der Waals surface area contributed by atoms with E-state index in [1.165, 1.54) is 5.56 Å². The zero-order chi connectivity index (χ0) is 13.4. The summed E-state index contributed by atoms with van der Waals surface area (Å²) in [5, 5.41) is 4.39. The van der Waals surface area contributed by atoms with E-state index in [-0.39, 0.29) is 0 Å². The first-order valence-corrected chi connectivity index (χ1v) is 6.40. The van der Waals surface area contributed by atoms with Crippen molar-refractivity contribution in [1.82, 2.24) is 19.9 Å². The summed E-state index contributed by atoms with van der Waals surface area (Å²) in [5.41, 5.74) is 2.10. The number of fused-ring (bicyclic) bond motifs is 1. The van der Waals surface area contributed by atoms with Crippen molar-refractivity contribution in [2.75, 3.05) is 27.3 Å². The van der Waals surface area contributed by atoms with Crippen LogP contribution in [-0.2, 0) is 7.05 Å². The Balaban J connectivity index is 2.23. The molecule has 19 heavy (non-hydrogen) atoms. The van der Waals surface area contributed by atoms with Gasteiger partial charge in [0.1, 0.15) is 0 Å². The van der Waals surface area contributed by atoms with Crippen molar-refractivity contribution in [2.24, 2.45) is 7.05 Å². The van der Waals surface area contributed by atoms with E-state index < -0.39 is 0 Å². The van der Waals surface area contributed by atoms with Crippen LogP contribution >= 0.6 is 0 Å². The number of nitrogens with one attached hydrogen (secondary N) is 1. The Morgan fingerprint density at radius 1 is 1.32 bits per heavy atom. The molecule has 0 saturated carbocycles. The first-order chi connectivity index (χ1) is 9.24. The van der Waals surface area contributed by atoms with E-state index in [0.717, 1.165) is 30.5 Å². The Bertz CT molecular complexity index is 602. The maximum Gasteiger partial charge on any atom is 0.321 e. The summed E-state index contributed by atoms with van der Waals surface area (Å²) in [6.07, 6.45) is 3.26. The van der Waals surface area contributed by atoms with Gasteiger partial charge in [-0.15, -0.1) is 0 Å². The zero-order valence-electron chi connectivity index (χ0n) is 11.4. The van der Waals surface area contributed by atoms with Crippen LogP contribution in [0.4, 0.5) is 0 Å². The molecule has 1 aliphatic rings. The number of nitrogens with zero attached hydrogens (tertiary/aromatic N) is 3. The van der Waals surface area contributed by atoms with E-state index in [0.29, 0.717) is 17.8 Å². The van der Waals surface area contributed by atoms with Gasteiger partial charge in [-0.05, 0) is 24.4 Å². The van der Waals surface area contributed by atoms with Gasteiger partial charge in [0, 0.05) is 19.8 Å². The Labute approximate surface area is 111 Å². The lowest BCUT2D eigenvalue weighted by Gasteiger charge is -2.09. The number of ether oxygens (including phenoxy) is 2. The number of aromatic nitrogens is 3. The minimum absolute atomic E-state index is 0.335. The molecule has 0 amide bonds. The van der Waals surface area contributed by atoms with Crippen LogP contribution in [0.2, 0.25) is 0 Å². The summed E-state index contributed by atoms with van der Waals surface area (Å²) in [4.78, 5) is 8.72. The molecule has 1 atom stereocenters. The summed E-state index contributed by atoms with van der Waals surface area (Å²) >= 11 is 0. The lowest BCUT2D eigenvalue weighted by atomic mass is 9.99. The van der Waals surface area contributed by atoms with Gasteiger partial charge < -0.3 is 19.4 Å². The lowest BCUT2D eigenvalue weighted by Crippen LogP contribution is -2.08. The fraction of sp³-hybridized carbons (Fsp3) is 0.538. The Hall–Kier alpha value is -1.82. The van der Waals surface area contributed by atoms with Crippen molar-refractivity contribution in [2.45, 2.75) is 12.3 Å². The van der Waals surface area contributed by atoms with E-state index in [2.05, 4.69) is 21.5 Å². The molecule has 1 unspecified atom stereocenters. The standard InChI is InChI=1S/C13H18N4O2/c1-17-7-9(8-4-5-14-6-8)10-11(17)15-13(19-3)16-12(10)18-2/h7-8,14H,4-6H2,1-3H3. The number of rotatable bonds is 3. The highest BCUT2D eigenvalue weighted by Crippen LogP contribution is 2.35. The fourth-order valence-electron chi connectivity index (χ4n) is 2.72. The predicted molar refractivity (Wildman–Crippen MR) is 71.8 cm³/mol. The van der Waals surface area contributed by atoms with Crippen LogP contribution in [0.25, 0.3) is 11.0 Å².